The lowest BCUT2D eigenvalue weighted by atomic mass is 10.1. The standard InChI is InChI=1S/C27H27N3O4/c1-18-9-8-12-20(13-18)22-16-25(30(29-22)17-19-10-6-5-7-11-19)28-27(31)21-14-23(32-2)26(34-4)24(15-21)33-3/h5-16H,17H2,1-4H3,(H,28,31). The van der Waals surface area contributed by atoms with Crippen LogP contribution in [0.1, 0.15) is 21.5 Å². The van der Waals surface area contributed by atoms with Crippen molar-refractivity contribution in [3.05, 3.63) is 89.5 Å². The second-order valence-electron chi connectivity index (χ2n) is 7.80. The molecule has 0 spiro atoms. The van der Waals surface area contributed by atoms with Gasteiger partial charge in [-0.15, -0.1) is 0 Å². The number of hydrogen-bond donors (Lipinski definition) is 1. The van der Waals surface area contributed by atoms with Crippen molar-refractivity contribution in [3.8, 4) is 28.5 Å². The second-order valence-corrected chi connectivity index (χ2v) is 7.80. The first-order valence-corrected chi connectivity index (χ1v) is 10.8. The Morgan fingerprint density at radius 1 is 0.882 bits per heavy atom. The first kappa shape index (κ1) is 22.9. The molecule has 0 unspecified atom stereocenters. The first-order valence-electron chi connectivity index (χ1n) is 10.8. The monoisotopic (exact) mass is 457 g/mol. The Bertz CT molecular complexity index is 1270. The molecule has 4 aromatic rings. The van der Waals surface area contributed by atoms with Gasteiger partial charge in [0.05, 0.1) is 33.6 Å². The molecule has 7 heteroatoms. The zero-order chi connectivity index (χ0) is 24.1. The molecule has 4 rings (SSSR count). The van der Waals surface area contributed by atoms with Crippen LogP contribution >= 0.6 is 0 Å². The number of benzene rings is 3. The Balaban J connectivity index is 1.71. The highest BCUT2D eigenvalue weighted by molar-refractivity contribution is 6.05. The molecule has 0 saturated carbocycles. The van der Waals surface area contributed by atoms with Gasteiger partial charge in [-0.25, -0.2) is 4.68 Å². The number of ether oxygens (including phenoxy) is 3. The van der Waals surface area contributed by atoms with Gasteiger partial charge in [0, 0.05) is 17.2 Å². The average Bonchev–Trinajstić information content (AvgIpc) is 3.25. The molecule has 0 atom stereocenters. The molecule has 1 heterocycles. The molecule has 0 aliphatic carbocycles. The summed E-state index contributed by atoms with van der Waals surface area (Å²) in [6.45, 7) is 2.55. The van der Waals surface area contributed by atoms with Gasteiger partial charge in [-0.05, 0) is 30.7 Å². The summed E-state index contributed by atoms with van der Waals surface area (Å²) in [6.07, 6.45) is 0. The maximum absolute atomic E-state index is 13.3. The molecule has 7 nitrogen and oxygen atoms in total. The van der Waals surface area contributed by atoms with Crippen LogP contribution in [-0.2, 0) is 6.54 Å². The van der Waals surface area contributed by atoms with Crippen LogP contribution in [0.4, 0.5) is 5.82 Å². The largest absolute Gasteiger partial charge is 0.493 e. The van der Waals surface area contributed by atoms with E-state index in [2.05, 4.69) is 11.4 Å². The van der Waals surface area contributed by atoms with Crippen LogP contribution in [-0.4, -0.2) is 37.0 Å². The van der Waals surface area contributed by atoms with Gasteiger partial charge in [0.1, 0.15) is 5.82 Å². The van der Waals surface area contributed by atoms with E-state index in [0.717, 1.165) is 22.4 Å². The van der Waals surface area contributed by atoms with Crippen LogP contribution in [0.15, 0.2) is 72.8 Å². The Kier molecular flexibility index (Phi) is 6.82. The van der Waals surface area contributed by atoms with Crippen LogP contribution in [0.25, 0.3) is 11.3 Å². The molecule has 0 radical (unpaired) electrons. The zero-order valence-electron chi connectivity index (χ0n) is 19.7. The first-order chi connectivity index (χ1) is 16.5. The Hall–Kier alpha value is -4.26. The van der Waals surface area contributed by atoms with Crippen molar-refractivity contribution in [1.82, 2.24) is 9.78 Å². The SMILES string of the molecule is COc1cc(C(=O)Nc2cc(-c3cccc(C)c3)nn2Cc2ccccc2)cc(OC)c1OC. The second kappa shape index (κ2) is 10.1. The number of nitrogens with zero attached hydrogens (tertiary/aromatic N) is 2. The molecule has 0 bridgehead atoms. The third-order valence-corrected chi connectivity index (χ3v) is 5.44. The maximum Gasteiger partial charge on any atom is 0.257 e. The predicted octanol–water partition coefficient (Wildman–Crippen LogP) is 5.18. The lowest BCUT2D eigenvalue weighted by molar-refractivity contribution is 0.102. The third kappa shape index (κ3) is 4.88. The molecule has 0 saturated heterocycles. The van der Waals surface area contributed by atoms with Gasteiger partial charge < -0.3 is 19.5 Å². The summed E-state index contributed by atoms with van der Waals surface area (Å²) in [4.78, 5) is 13.3. The van der Waals surface area contributed by atoms with E-state index in [1.54, 1.807) is 16.8 Å². The van der Waals surface area contributed by atoms with Gasteiger partial charge in [0.25, 0.3) is 5.91 Å². The summed E-state index contributed by atoms with van der Waals surface area (Å²) in [6, 6.07) is 23.2. The van der Waals surface area contributed by atoms with Crippen molar-refractivity contribution in [1.29, 1.82) is 0 Å². The lowest BCUT2D eigenvalue weighted by Gasteiger charge is -2.14. The normalized spacial score (nSPS) is 10.6. The van der Waals surface area contributed by atoms with E-state index in [0.29, 0.717) is 35.2 Å². The third-order valence-electron chi connectivity index (χ3n) is 5.44. The highest BCUT2D eigenvalue weighted by Gasteiger charge is 2.19. The summed E-state index contributed by atoms with van der Waals surface area (Å²) in [7, 11) is 4.55. The summed E-state index contributed by atoms with van der Waals surface area (Å²) >= 11 is 0. The van der Waals surface area contributed by atoms with E-state index in [1.165, 1.54) is 21.3 Å². The number of aryl methyl sites for hydroxylation is 1. The van der Waals surface area contributed by atoms with Gasteiger partial charge in [0.15, 0.2) is 11.5 Å². The van der Waals surface area contributed by atoms with E-state index >= 15 is 0 Å². The number of amides is 1. The zero-order valence-corrected chi connectivity index (χ0v) is 19.7. The molecule has 0 fully saturated rings. The molecule has 0 aliphatic rings. The summed E-state index contributed by atoms with van der Waals surface area (Å²) in [5.41, 5.74) is 4.34. The van der Waals surface area contributed by atoms with Crippen molar-refractivity contribution in [2.24, 2.45) is 0 Å². The van der Waals surface area contributed by atoms with E-state index in [9.17, 15) is 4.79 Å². The maximum atomic E-state index is 13.3. The van der Waals surface area contributed by atoms with E-state index < -0.39 is 0 Å². The quantitative estimate of drug-likeness (QED) is 0.394. The van der Waals surface area contributed by atoms with Gasteiger partial charge in [-0.1, -0.05) is 54.1 Å². The number of anilines is 1. The number of rotatable bonds is 8. The summed E-state index contributed by atoms with van der Waals surface area (Å²) < 4.78 is 17.9. The summed E-state index contributed by atoms with van der Waals surface area (Å²) in [5.74, 6) is 1.51. The Morgan fingerprint density at radius 3 is 2.21 bits per heavy atom. The highest BCUT2D eigenvalue weighted by atomic mass is 16.5. The molecular formula is C27H27N3O4. The number of hydrogen-bond acceptors (Lipinski definition) is 5. The number of aromatic nitrogens is 2. The molecule has 34 heavy (non-hydrogen) atoms. The van der Waals surface area contributed by atoms with Crippen LogP contribution in [0.2, 0.25) is 0 Å². The van der Waals surface area contributed by atoms with E-state index in [4.69, 9.17) is 19.3 Å². The van der Waals surface area contributed by atoms with Gasteiger partial charge in [0.2, 0.25) is 5.75 Å². The summed E-state index contributed by atoms with van der Waals surface area (Å²) in [5, 5.41) is 7.79. The van der Waals surface area contributed by atoms with Crippen LogP contribution in [0, 0.1) is 6.92 Å². The molecule has 174 valence electrons. The lowest BCUT2D eigenvalue weighted by Crippen LogP contribution is -2.16. The highest BCUT2D eigenvalue weighted by Crippen LogP contribution is 2.38. The number of carbonyl (C=O) groups excluding carboxylic acids is 1. The molecular weight excluding hydrogens is 430 g/mol. The molecule has 0 aliphatic heterocycles. The smallest absolute Gasteiger partial charge is 0.257 e. The van der Waals surface area contributed by atoms with Crippen molar-refractivity contribution in [3.63, 3.8) is 0 Å². The minimum Gasteiger partial charge on any atom is -0.493 e. The van der Waals surface area contributed by atoms with Crippen LogP contribution in [0.3, 0.4) is 0 Å². The minimum atomic E-state index is -0.316. The van der Waals surface area contributed by atoms with Crippen molar-refractivity contribution in [2.75, 3.05) is 26.6 Å². The van der Waals surface area contributed by atoms with Gasteiger partial charge >= 0.3 is 0 Å². The van der Waals surface area contributed by atoms with Crippen LogP contribution in [0.5, 0.6) is 17.2 Å². The fraction of sp³-hybridized carbons (Fsp3) is 0.185. The van der Waals surface area contributed by atoms with Gasteiger partial charge in [-0.2, -0.15) is 5.10 Å². The number of carbonyl (C=O) groups is 1. The van der Waals surface area contributed by atoms with E-state index in [1.807, 2.05) is 61.5 Å². The predicted molar refractivity (Wildman–Crippen MR) is 132 cm³/mol. The van der Waals surface area contributed by atoms with Crippen molar-refractivity contribution in [2.45, 2.75) is 13.5 Å². The average molecular weight is 458 g/mol. The fourth-order valence-electron chi connectivity index (χ4n) is 3.74. The molecule has 1 aromatic heterocycles. The van der Waals surface area contributed by atoms with E-state index in [-0.39, 0.29) is 5.91 Å². The number of nitrogens with one attached hydrogen (secondary N) is 1. The van der Waals surface area contributed by atoms with Crippen LogP contribution < -0.4 is 19.5 Å². The van der Waals surface area contributed by atoms with Crippen molar-refractivity contribution < 1.29 is 19.0 Å². The number of methoxy groups -OCH3 is 3. The molecule has 1 amide bonds. The fourth-order valence-corrected chi connectivity index (χ4v) is 3.74. The Morgan fingerprint density at radius 2 is 1.59 bits per heavy atom. The molecule has 3 aromatic carbocycles. The molecule has 1 N–H and O–H groups in total. The van der Waals surface area contributed by atoms with Crippen molar-refractivity contribution >= 4 is 11.7 Å². The minimum absolute atomic E-state index is 0.316. The van der Waals surface area contributed by atoms with Gasteiger partial charge in [-0.3, -0.25) is 4.79 Å². The topological polar surface area (TPSA) is 74.6 Å². The Labute approximate surface area is 198 Å².